The van der Waals surface area contributed by atoms with Crippen molar-refractivity contribution in [3.8, 4) is 0 Å². The summed E-state index contributed by atoms with van der Waals surface area (Å²) in [7, 11) is 1.83. The molecule has 1 unspecified atom stereocenters. The molecule has 0 spiro atoms. The highest BCUT2D eigenvalue weighted by Gasteiger charge is 2.16. The van der Waals surface area contributed by atoms with Gasteiger partial charge in [-0.25, -0.2) is 0 Å². The molecular weight excluding hydrogens is 314 g/mol. The van der Waals surface area contributed by atoms with Gasteiger partial charge in [0.1, 0.15) is 0 Å². The Hall–Kier alpha value is -2.66. The Bertz CT molecular complexity index is 734. The van der Waals surface area contributed by atoms with Crippen LogP contribution < -0.4 is 15.5 Å². The molecule has 0 radical (unpaired) electrons. The van der Waals surface area contributed by atoms with Gasteiger partial charge < -0.3 is 15.5 Å². The van der Waals surface area contributed by atoms with E-state index < -0.39 is 0 Å². The Morgan fingerprint density at radius 3 is 1.96 bits per heavy atom. The van der Waals surface area contributed by atoms with Crippen molar-refractivity contribution in [1.29, 1.82) is 0 Å². The number of aryl methyl sites for hydroxylation is 3. The lowest BCUT2D eigenvalue weighted by atomic mass is 10.1. The minimum atomic E-state index is -0.112. The Morgan fingerprint density at radius 1 is 0.880 bits per heavy atom. The van der Waals surface area contributed by atoms with Crippen molar-refractivity contribution < 1.29 is 14.5 Å². The summed E-state index contributed by atoms with van der Waals surface area (Å²) in [6.45, 7) is 6.47. The SMILES string of the molecule is Cc1cc(C)c(NC(=O)C[NH+](C)CC(=O)Nc2ccccc2)c(C)c1. The van der Waals surface area contributed by atoms with Crippen LogP contribution in [0, 0.1) is 20.8 Å². The summed E-state index contributed by atoms with van der Waals surface area (Å²) in [6.07, 6.45) is 0. The molecule has 0 aliphatic heterocycles. The van der Waals surface area contributed by atoms with Crippen LogP contribution >= 0.6 is 0 Å². The normalized spacial score (nSPS) is 11.7. The zero-order valence-electron chi connectivity index (χ0n) is 15.3. The Balaban J connectivity index is 1.87. The van der Waals surface area contributed by atoms with E-state index >= 15 is 0 Å². The second kappa shape index (κ2) is 8.44. The maximum absolute atomic E-state index is 12.3. The van der Waals surface area contributed by atoms with Gasteiger partial charge in [0.05, 0.1) is 7.05 Å². The maximum Gasteiger partial charge on any atom is 0.279 e. The van der Waals surface area contributed by atoms with E-state index in [0.29, 0.717) is 0 Å². The van der Waals surface area contributed by atoms with Gasteiger partial charge in [0, 0.05) is 11.4 Å². The van der Waals surface area contributed by atoms with Crippen LogP contribution in [0.3, 0.4) is 0 Å². The first kappa shape index (κ1) is 18.7. The van der Waals surface area contributed by atoms with Crippen LogP contribution in [0.4, 0.5) is 11.4 Å². The van der Waals surface area contributed by atoms with Gasteiger partial charge >= 0.3 is 0 Å². The molecule has 0 saturated carbocycles. The number of carbonyl (C=O) groups excluding carboxylic acids is 2. The van der Waals surface area contributed by atoms with Crippen LogP contribution in [-0.4, -0.2) is 32.0 Å². The molecule has 0 saturated heterocycles. The highest BCUT2D eigenvalue weighted by Crippen LogP contribution is 2.21. The summed E-state index contributed by atoms with van der Waals surface area (Å²) in [6, 6.07) is 13.4. The average molecular weight is 340 g/mol. The molecule has 5 heteroatoms. The third kappa shape index (κ3) is 5.72. The minimum absolute atomic E-state index is 0.0972. The number of rotatable bonds is 6. The van der Waals surface area contributed by atoms with E-state index in [0.717, 1.165) is 27.4 Å². The van der Waals surface area contributed by atoms with Gasteiger partial charge in [0.2, 0.25) is 0 Å². The molecule has 0 heterocycles. The Labute approximate surface area is 149 Å². The number of benzene rings is 2. The summed E-state index contributed by atoms with van der Waals surface area (Å²) in [4.78, 5) is 25.2. The number of para-hydroxylation sites is 1. The Kier molecular flexibility index (Phi) is 6.31. The first-order valence-corrected chi connectivity index (χ1v) is 8.39. The third-order valence-corrected chi connectivity index (χ3v) is 3.92. The van der Waals surface area contributed by atoms with Gasteiger partial charge in [-0.15, -0.1) is 0 Å². The van der Waals surface area contributed by atoms with Crippen LogP contribution in [0.1, 0.15) is 16.7 Å². The molecule has 0 aliphatic rings. The smallest absolute Gasteiger partial charge is 0.279 e. The van der Waals surface area contributed by atoms with Crippen LogP contribution in [0.15, 0.2) is 42.5 Å². The fraction of sp³-hybridized carbons (Fsp3) is 0.300. The van der Waals surface area contributed by atoms with Gasteiger partial charge in [-0.05, 0) is 44.0 Å². The number of anilines is 2. The second-order valence-electron chi connectivity index (χ2n) is 6.55. The number of carbonyl (C=O) groups is 2. The van der Waals surface area contributed by atoms with E-state index in [1.165, 1.54) is 5.56 Å². The molecule has 25 heavy (non-hydrogen) atoms. The van der Waals surface area contributed by atoms with E-state index in [1.807, 2.05) is 70.3 Å². The molecule has 132 valence electrons. The standard InChI is InChI=1S/C20H25N3O2/c1-14-10-15(2)20(16(3)11-14)22-19(25)13-23(4)12-18(24)21-17-8-6-5-7-9-17/h5-11H,12-13H2,1-4H3,(H,21,24)(H,22,25)/p+1. The topological polar surface area (TPSA) is 62.6 Å². The summed E-state index contributed by atoms with van der Waals surface area (Å²) in [5.41, 5.74) is 4.89. The molecule has 2 aromatic carbocycles. The molecular formula is C20H26N3O2+. The molecule has 0 bridgehead atoms. The maximum atomic E-state index is 12.3. The van der Waals surface area contributed by atoms with E-state index in [9.17, 15) is 9.59 Å². The van der Waals surface area contributed by atoms with E-state index in [4.69, 9.17) is 0 Å². The molecule has 0 aromatic heterocycles. The lowest BCUT2D eigenvalue weighted by molar-refractivity contribution is -0.862. The van der Waals surface area contributed by atoms with Gasteiger partial charge in [-0.1, -0.05) is 35.9 Å². The molecule has 3 N–H and O–H groups in total. The van der Waals surface area contributed by atoms with Crippen LogP contribution in [-0.2, 0) is 9.59 Å². The van der Waals surface area contributed by atoms with Gasteiger partial charge in [0.25, 0.3) is 11.8 Å². The van der Waals surface area contributed by atoms with Gasteiger partial charge in [-0.3, -0.25) is 9.59 Å². The summed E-state index contributed by atoms with van der Waals surface area (Å²) in [5.74, 6) is -0.209. The lowest BCUT2D eigenvalue weighted by Gasteiger charge is -2.16. The van der Waals surface area contributed by atoms with E-state index in [-0.39, 0.29) is 24.9 Å². The fourth-order valence-electron chi connectivity index (χ4n) is 2.90. The zero-order chi connectivity index (χ0) is 18.4. The van der Waals surface area contributed by atoms with Crippen molar-refractivity contribution in [2.45, 2.75) is 20.8 Å². The summed E-state index contributed by atoms with van der Waals surface area (Å²) in [5, 5.41) is 5.80. The van der Waals surface area contributed by atoms with E-state index in [1.54, 1.807) is 0 Å². The van der Waals surface area contributed by atoms with Crippen molar-refractivity contribution in [2.24, 2.45) is 0 Å². The van der Waals surface area contributed by atoms with Crippen molar-refractivity contribution >= 4 is 23.2 Å². The quantitative estimate of drug-likeness (QED) is 0.750. The predicted octanol–water partition coefficient (Wildman–Crippen LogP) is 1.70. The fourth-order valence-corrected chi connectivity index (χ4v) is 2.90. The van der Waals surface area contributed by atoms with Crippen molar-refractivity contribution in [1.82, 2.24) is 0 Å². The highest BCUT2D eigenvalue weighted by molar-refractivity contribution is 5.94. The minimum Gasteiger partial charge on any atom is -0.322 e. The van der Waals surface area contributed by atoms with Crippen molar-refractivity contribution in [2.75, 3.05) is 30.8 Å². The number of hydrogen-bond donors (Lipinski definition) is 3. The van der Waals surface area contributed by atoms with Crippen LogP contribution in [0.25, 0.3) is 0 Å². The number of hydrogen-bond acceptors (Lipinski definition) is 2. The molecule has 1 atom stereocenters. The third-order valence-electron chi connectivity index (χ3n) is 3.92. The molecule has 5 nitrogen and oxygen atoms in total. The molecule has 2 rings (SSSR count). The highest BCUT2D eigenvalue weighted by atomic mass is 16.2. The van der Waals surface area contributed by atoms with Gasteiger partial charge in [-0.2, -0.15) is 0 Å². The first-order chi connectivity index (χ1) is 11.8. The van der Waals surface area contributed by atoms with Crippen LogP contribution in [0.2, 0.25) is 0 Å². The first-order valence-electron chi connectivity index (χ1n) is 8.39. The monoisotopic (exact) mass is 340 g/mol. The number of likely N-dealkylation sites (N-methyl/N-ethyl adjacent to an activating group) is 1. The number of nitrogens with one attached hydrogen (secondary N) is 3. The lowest BCUT2D eigenvalue weighted by Crippen LogP contribution is -3.11. The Morgan fingerprint density at radius 2 is 1.40 bits per heavy atom. The van der Waals surface area contributed by atoms with Crippen LogP contribution in [0.5, 0.6) is 0 Å². The van der Waals surface area contributed by atoms with E-state index in [2.05, 4.69) is 10.6 Å². The number of quaternary nitrogens is 1. The van der Waals surface area contributed by atoms with Gasteiger partial charge in [0.15, 0.2) is 13.1 Å². The summed E-state index contributed by atoms with van der Waals surface area (Å²) < 4.78 is 0. The predicted molar refractivity (Wildman–Crippen MR) is 101 cm³/mol. The molecule has 2 amide bonds. The average Bonchev–Trinajstić information content (AvgIpc) is 2.51. The summed E-state index contributed by atoms with van der Waals surface area (Å²) >= 11 is 0. The van der Waals surface area contributed by atoms with Crippen molar-refractivity contribution in [3.05, 3.63) is 59.2 Å². The molecule has 2 aromatic rings. The molecule has 0 aliphatic carbocycles. The van der Waals surface area contributed by atoms with Crippen molar-refractivity contribution in [3.63, 3.8) is 0 Å². The molecule has 0 fully saturated rings. The number of amides is 2. The zero-order valence-corrected chi connectivity index (χ0v) is 15.3. The second-order valence-corrected chi connectivity index (χ2v) is 6.55. The largest absolute Gasteiger partial charge is 0.322 e.